The predicted octanol–water partition coefficient (Wildman–Crippen LogP) is 0.460. The molecular weight excluding hydrogens is 346 g/mol. The van der Waals surface area contributed by atoms with Crippen LogP contribution < -0.4 is 16.6 Å². The third kappa shape index (κ3) is 3.58. The van der Waals surface area contributed by atoms with Gasteiger partial charge in [-0.3, -0.25) is 13.9 Å². The first-order valence-corrected chi connectivity index (χ1v) is 8.94. The van der Waals surface area contributed by atoms with Crippen molar-refractivity contribution in [1.29, 1.82) is 0 Å². The number of hydrogen-bond acceptors (Lipinski definition) is 5. The van der Waals surface area contributed by atoms with Crippen LogP contribution in [0.25, 0.3) is 22.6 Å². The van der Waals surface area contributed by atoms with E-state index in [4.69, 9.17) is 0 Å². The minimum Gasteiger partial charge on any atom is -0.390 e. The first kappa shape index (κ1) is 19.1. The van der Waals surface area contributed by atoms with Gasteiger partial charge in [0.05, 0.1) is 12.6 Å². The van der Waals surface area contributed by atoms with E-state index >= 15 is 0 Å². The number of rotatable bonds is 6. The fourth-order valence-electron chi connectivity index (χ4n) is 3.08. The lowest BCUT2D eigenvalue weighted by Gasteiger charge is -2.17. The zero-order valence-corrected chi connectivity index (χ0v) is 16.0. The Hall–Kier alpha value is -2.71. The monoisotopic (exact) mass is 371 g/mol. The Morgan fingerprint density at radius 3 is 2.41 bits per heavy atom. The molecule has 2 heterocycles. The van der Waals surface area contributed by atoms with Crippen molar-refractivity contribution in [3.8, 4) is 11.4 Å². The van der Waals surface area contributed by atoms with Crippen LogP contribution in [-0.4, -0.2) is 42.5 Å². The van der Waals surface area contributed by atoms with Gasteiger partial charge in [0.25, 0.3) is 5.56 Å². The first-order chi connectivity index (χ1) is 12.8. The standard InChI is InChI=1S/C19H25N5O3/c1-12(2)20-10-14(25)11-24-15-17(22(3)19(27)23(4)18(15)26)21-16(24)13-8-6-5-7-9-13/h5-9,12,14,20,25H,10-11H2,1-4H3/t14-/m1/s1. The van der Waals surface area contributed by atoms with Crippen LogP contribution in [0.5, 0.6) is 0 Å². The van der Waals surface area contributed by atoms with Gasteiger partial charge in [0.15, 0.2) is 11.2 Å². The molecular formula is C19H25N5O3. The van der Waals surface area contributed by atoms with Gasteiger partial charge >= 0.3 is 5.69 Å². The average molecular weight is 371 g/mol. The van der Waals surface area contributed by atoms with E-state index in [0.717, 1.165) is 10.1 Å². The molecule has 0 spiro atoms. The van der Waals surface area contributed by atoms with Crippen molar-refractivity contribution in [3.05, 3.63) is 51.2 Å². The average Bonchev–Trinajstić information content (AvgIpc) is 3.03. The van der Waals surface area contributed by atoms with Crippen LogP contribution in [0.1, 0.15) is 13.8 Å². The maximum atomic E-state index is 12.8. The minimum absolute atomic E-state index is 0.188. The molecule has 0 radical (unpaired) electrons. The van der Waals surface area contributed by atoms with E-state index in [1.807, 2.05) is 44.2 Å². The Labute approximate surface area is 156 Å². The summed E-state index contributed by atoms with van der Waals surface area (Å²) in [6, 6.07) is 9.67. The summed E-state index contributed by atoms with van der Waals surface area (Å²) in [7, 11) is 3.04. The lowest BCUT2D eigenvalue weighted by Crippen LogP contribution is -2.38. The van der Waals surface area contributed by atoms with Crippen molar-refractivity contribution in [3.63, 3.8) is 0 Å². The van der Waals surface area contributed by atoms with Gasteiger partial charge in [0.1, 0.15) is 5.82 Å². The summed E-state index contributed by atoms with van der Waals surface area (Å²) in [6.45, 7) is 4.58. The molecule has 0 unspecified atom stereocenters. The van der Waals surface area contributed by atoms with Crippen molar-refractivity contribution in [2.45, 2.75) is 32.5 Å². The van der Waals surface area contributed by atoms with Gasteiger partial charge in [0, 0.05) is 32.2 Å². The maximum absolute atomic E-state index is 12.8. The smallest absolute Gasteiger partial charge is 0.332 e. The van der Waals surface area contributed by atoms with E-state index in [1.54, 1.807) is 11.6 Å². The molecule has 8 heteroatoms. The summed E-state index contributed by atoms with van der Waals surface area (Å²) >= 11 is 0. The number of fused-ring (bicyclic) bond motifs is 1. The molecule has 0 aliphatic rings. The SMILES string of the molecule is CC(C)NC[C@@H](O)Cn1c(-c2ccccc2)nc2c1c(=O)n(C)c(=O)n2C. The number of benzene rings is 1. The van der Waals surface area contributed by atoms with E-state index in [-0.39, 0.29) is 12.6 Å². The van der Waals surface area contributed by atoms with E-state index in [2.05, 4.69) is 10.3 Å². The van der Waals surface area contributed by atoms with Crippen LogP contribution >= 0.6 is 0 Å². The van der Waals surface area contributed by atoms with Crippen LogP contribution in [0.2, 0.25) is 0 Å². The highest BCUT2D eigenvalue weighted by Crippen LogP contribution is 2.22. The molecule has 1 aromatic carbocycles. The van der Waals surface area contributed by atoms with Gasteiger partial charge in [-0.25, -0.2) is 9.78 Å². The van der Waals surface area contributed by atoms with Crippen LogP contribution in [0.3, 0.4) is 0 Å². The molecule has 1 atom stereocenters. The number of imidazole rings is 1. The highest BCUT2D eigenvalue weighted by Gasteiger charge is 2.21. The van der Waals surface area contributed by atoms with Crippen LogP contribution in [0.15, 0.2) is 39.9 Å². The number of aromatic nitrogens is 4. The number of aliphatic hydroxyl groups excluding tert-OH is 1. The van der Waals surface area contributed by atoms with Crippen LogP contribution in [-0.2, 0) is 20.6 Å². The molecule has 0 saturated carbocycles. The maximum Gasteiger partial charge on any atom is 0.332 e. The quantitative estimate of drug-likeness (QED) is 0.657. The summed E-state index contributed by atoms with van der Waals surface area (Å²) < 4.78 is 4.13. The van der Waals surface area contributed by atoms with Gasteiger partial charge in [-0.2, -0.15) is 0 Å². The highest BCUT2D eigenvalue weighted by molar-refractivity contribution is 5.77. The summed E-state index contributed by atoms with van der Waals surface area (Å²) in [5.74, 6) is 0.549. The second kappa shape index (κ2) is 7.50. The van der Waals surface area contributed by atoms with E-state index in [0.29, 0.717) is 23.5 Å². The Morgan fingerprint density at radius 2 is 1.78 bits per heavy atom. The van der Waals surface area contributed by atoms with E-state index in [9.17, 15) is 14.7 Å². The summed E-state index contributed by atoms with van der Waals surface area (Å²) in [5.41, 5.74) is 0.575. The van der Waals surface area contributed by atoms with Gasteiger partial charge < -0.3 is 15.0 Å². The van der Waals surface area contributed by atoms with Crippen LogP contribution in [0, 0.1) is 0 Å². The molecule has 8 nitrogen and oxygen atoms in total. The molecule has 2 aromatic heterocycles. The zero-order chi connectivity index (χ0) is 19.7. The number of aliphatic hydroxyl groups is 1. The van der Waals surface area contributed by atoms with Gasteiger partial charge in [0.2, 0.25) is 0 Å². The molecule has 144 valence electrons. The lowest BCUT2D eigenvalue weighted by molar-refractivity contribution is 0.150. The number of aryl methyl sites for hydroxylation is 1. The fraction of sp³-hybridized carbons (Fsp3) is 0.421. The molecule has 0 fully saturated rings. The Morgan fingerprint density at radius 1 is 1.11 bits per heavy atom. The first-order valence-electron chi connectivity index (χ1n) is 8.94. The second-order valence-corrected chi connectivity index (χ2v) is 7.01. The lowest BCUT2D eigenvalue weighted by atomic mass is 10.2. The Bertz CT molecular complexity index is 1060. The molecule has 3 aromatic rings. The Balaban J connectivity index is 2.22. The molecule has 3 rings (SSSR count). The van der Waals surface area contributed by atoms with Gasteiger partial charge in [-0.15, -0.1) is 0 Å². The third-order valence-corrected chi connectivity index (χ3v) is 4.54. The number of nitrogens with one attached hydrogen (secondary N) is 1. The largest absolute Gasteiger partial charge is 0.390 e. The van der Waals surface area contributed by atoms with Crippen molar-refractivity contribution in [2.75, 3.05) is 6.54 Å². The molecule has 2 N–H and O–H groups in total. The van der Waals surface area contributed by atoms with Crippen molar-refractivity contribution in [2.24, 2.45) is 14.1 Å². The third-order valence-electron chi connectivity index (χ3n) is 4.54. The molecule has 0 amide bonds. The fourth-order valence-corrected chi connectivity index (χ4v) is 3.08. The summed E-state index contributed by atoms with van der Waals surface area (Å²) in [5, 5.41) is 13.7. The molecule has 27 heavy (non-hydrogen) atoms. The number of nitrogens with zero attached hydrogens (tertiary/aromatic N) is 4. The van der Waals surface area contributed by atoms with Crippen molar-refractivity contribution < 1.29 is 5.11 Å². The zero-order valence-electron chi connectivity index (χ0n) is 16.0. The van der Waals surface area contributed by atoms with Gasteiger partial charge in [-0.05, 0) is 0 Å². The van der Waals surface area contributed by atoms with Crippen LogP contribution in [0.4, 0.5) is 0 Å². The van der Waals surface area contributed by atoms with E-state index < -0.39 is 17.4 Å². The molecule has 0 aliphatic carbocycles. The highest BCUT2D eigenvalue weighted by atomic mass is 16.3. The molecule has 0 aliphatic heterocycles. The van der Waals surface area contributed by atoms with Gasteiger partial charge in [-0.1, -0.05) is 44.2 Å². The normalized spacial score (nSPS) is 12.8. The summed E-state index contributed by atoms with van der Waals surface area (Å²) in [6.07, 6.45) is -0.714. The summed E-state index contributed by atoms with van der Waals surface area (Å²) in [4.78, 5) is 29.7. The second-order valence-electron chi connectivity index (χ2n) is 7.01. The van der Waals surface area contributed by atoms with Crippen molar-refractivity contribution in [1.82, 2.24) is 24.0 Å². The topological polar surface area (TPSA) is 94.1 Å². The number of hydrogen-bond donors (Lipinski definition) is 2. The van der Waals surface area contributed by atoms with Crippen molar-refractivity contribution >= 4 is 11.2 Å². The molecule has 0 saturated heterocycles. The molecule has 0 bridgehead atoms. The Kier molecular flexibility index (Phi) is 5.29. The predicted molar refractivity (Wildman–Crippen MR) is 105 cm³/mol. The minimum atomic E-state index is -0.714. The van der Waals surface area contributed by atoms with E-state index in [1.165, 1.54) is 11.6 Å².